The predicted octanol–water partition coefficient (Wildman–Crippen LogP) is 4.40. The Morgan fingerprint density at radius 2 is 2.00 bits per heavy atom. The van der Waals surface area contributed by atoms with Gasteiger partial charge in [0.25, 0.3) is 0 Å². The van der Waals surface area contributed by atoms with Gasteiger partial charge in [0.05, 0.1) is 28.6 Å². The van der Waals surface area contributed by atoms with Gasteiger partial charge in [0, 0.05) is 0 Å². The summed E-state index contributed by atoms with van der Waals surface area (Å²) >= 11 is 2.36. The van der Waals surface area contributed by atoms with Crippen LogP contribution in [0.5, 0.6) is 0 Å². The number of amides is 1. The molecule has 3 rings (SSSR count). The average Bonchev–Trinajstić information content (AvgIpc) is 3.08. The van der Waals surface area contributed by atoms with Gasteiger partial charge in [-0.2, -0.15) is 13.2 Å². The molecule has 0 bridgehead atoms. The molecule has 10 heteroatoms. The van der Waals surface area contributed by atoms with Gasteiger partial charge in [-0.1, -0.05) is 31.0 Å². The van der Waals surface area contributed by atoms with Crippen LogP contribution in [0.3, 0.4) is 0 Å². The summed E-state index contributed by atoms with van der Waals surface area (Å²) in [6, 6.07) is 3.41. The van der Waals surface area contributed by atoms with Gasteiger partial charge < -0.3 is 10.1 Å². The van der Waals surface area contributed by atoms with Crippen LogP contribution in [0.4, 0.5) is 13.2 Å². The van der Waals surface area contributed by atoms with Gasteiger partial charge in [-0.15, -0.1) is 11.3 Å². The fourth-order valence-corrected chi connectivity index (χ4v) is 5.15. The number of halogens is 3. The van der Waals surface area contributed by atoms with Crippen LogP contribution in [0, 0.1) is 0 Å². The molecule has 1 saturated carbocycles. The van der Waals surface area contributed by atoms with Crippen LogP contribution in [0.1, 0.15) is 37.7 Å². The SMILES string of the molecule is COC(=O)C1(NC(=O)CSc2nc3cc(C(F)(F)F)ccc3s2)CCCCC1. The van der Waals surface area contributed by atoms with Gasteiger partial charge >= 0.3 is 12.1 Å². The quantitative estimate of drug-likeness (QED) is 0.560. The summed E-state index contributed by atoms with van der Waals surface area (Å²) < 4.78 is 44.4. The van der Waals surface area contributed by atoms with E-state index >= 15 is 0 Å². The highest BCUT2D eigenvalue weighted by Gasteiger charge is 2.41. The molecule has 0 radical (unpaired) electrons. The van der Waals surface area contributed by atoms with Crippen LogP contribution in [0.25, 0.3) is 10.2 Å². The second-order valence-corrected chi connectivity index (χ2v) is 8.88. The first-order valence-electron chi connectivity index (χ1n) is 8.73. The van der Waals surface area contributed by atoms with Crippen LogP contribution < -0.4 is 5.32 Å². The largest absolute Gasteiger partial charge is 0.467 e. The topological polar surface area (TPSA) is 68.3 Å². The van der Waals surface area contributed by atoms with Crippen molar-refractivity contribution >= 4 is 45.2 Å². The summed E-state index contributed by atoms with van der Waals surface area (Å²) in [5.41, 5.74) is -1.49. The summed E-state index contributed by atoms with van der Waals surface area (Å²) in [4.78, 5) is 28.8. The van der Waals surface area contributed by atoms with E-state index in [9.17, 15) is 22.8 Å². The van der Waals surface area contributed by atoms with Crippen LogP contribution in [0.2, 0.25) is 0 Å². The molecule has 5 nitrogen and oxygen atoms in total. The highest BCUT2D eigenvalue weighted by Crippen LogP contribution is 2.35. The molecule has 1 fully saturated rings. The molecule has 1 amide bonds. The molecule has 1 aliphatic rings. The van der Waals surface area contributed by atoms with Crippen LogP contribution >= 0.6 is 23.1 Å². The number of benzene rings is 1. The van der Waals surface area contributed by atoms with E-state index < -0.39 is 23.2 Å². The third-order valence-electron chi connectivity index (χ3n) is 4.68. The smallest absolute Gasteiger partial charge is 0.416 e. The number of carbonyl (C=O) groups excluding carboxylic acids is 2. The number of hydrogen-bond acceptors (Lipinski definition) is 6. The van der Waals surface area contributed by atoms with Crippen LogP contribution in [-0.4, -0.2) is 35.3 Å². The lowest BCUT2D eigenvalue weighted by molar-refractivity contribution is -0.152. The van der Waals surface area contributed by atoms with Crippen molar-refractivity contribution in [3.8, 4) is 0 Å². The number of hydrogen-bond donors (Lipinski definition) is 1. The molecule has 0 atom stereocenters. The highest BCUT2D eigenvalue weighted by atomic mass is 32.2. The first kappa shape index (κ1) is 20.9. The number of esters is 1. The molecule has 1 aliphatic carbocycles. The van der Waals surface area contributed by atoms with E-state index in [1.54, 1.807) is 0 Å². The number of thiazole rings is 1. The minimum atomic E-state index is -4.42. The van der Waals surface area contributed by atoms with E-state index in [1.807, 2.05) is 0 Å². The van der Waals surface area contributed by atoms with E-state index in [2.05, 4.69) is 10.3 Å². The fourth-order valence-electron chi connectivity index (χ4n) is 3.31. The summed E-state index contributed by atoms with van der Waals surface area (Å²) in [6.07, 6.45) is -0.666. The monoisotopic (exact) mass is 432 g/mol. The van der Waals surface area contributed by atoms with Gasteiger partial charge in [-0.05, 0) is 31.0 Å². The zero-order valence-corrected chi connectivity index (χ0v) is 16.7. The Labute approximate surface area is 168 Å². The number of fused-ring (bicyclic) bond motifs is 1. The zero-order chi connectivity index (χ0) is 20.4. The Hall–Kier alpha value is -1.81. The molecule has 1 N–H and O–H groups in total. The Morgan fingerprint density at radius 1 is 1.29 bits per heavy atom. The standard InChI is InChI=1S/C18H19F3N2O3S2/c1-26-15(25)17(7-3-2-4-8-17)23-14(24)10-27-16-22-12-9-11(18(19,20)21)5-6-13(12)28-16/h5-6,9H,2-4,7-8,10H2,1H3,(H,23,24). The van der Waals surface area contributed by atoms with Gasteiger partial charge in [-0.3, -0.25) is 4.79 Å². The molecule has 152 valence electrons. The molecule has 2 aromatic rings. The van der Waals surface area contributed by atoms with Crippen molar-refractivity contribution in [2.75, 3.05) is 12.9 Å². The Bertz CT molecular complexity index is 877. The number of alkyl halides is 3. The molecule has 0 spiro atoms. The third-order valence-corrected chi connectivity index (χ3v) is 6.86. The number of aromatic nitrogens is 1. The molecule has 0 aliphatic heterocycles. The molecule has 1 heterocycles. The summed E-state index contributed by atoms with van der Waals surface area (Å²) in [5.74, 6) is -0.747. The van der Waals surface area contributed by atoms with E-state index in [-0.39, 0.29) is 17.2 Å². The second-order valence-electron chi connectivity index (χ2n) is 6.63. The number of ether oxygens (including phenoxy) is 1. The molecule has 0 unspecified atom stereocenters. The number of thioether (sulfide) groups is 1. The first-order valence-corrected chi connectivity index (χ1v) is 10.5. The molecular formula is C18H19F3N2O3S2. The molecule has 1 aromatic heterocycles. The fraction of sp³-hybridized carbons (Fsp3) is 0.500. The van der Waals surface area contributed by atoms with Crippen LogP contribution in [0.15, 0.2) is 22.5 Å². The zero-order valence-electron chi connectivity index (χ0n) is 15.1. The van der Waals surface area contributed by atoms with E-state index in [1.165, 1.54) is 24.5 Å². The van der Waals surface area contributed by atoms with Crippen molar-refractivity contribution in [1.82, 2.24) is 10.3 Å². The lowest BCUT2D eigenvalue weighted by Gasteiger charge is -2.35. The lowest BCUT2D eigenvalue weighted by Crippen LogP contribution is -2.56. The maximum Gasteiger partial charge on any atom is 0.416 e. The first-order chi connectivity index (χ1) is 13.2. The lowest BCUT2D eigenvalue weighted by atomic mass is 9.81. The Morgan fingerprint density at radius 3 is 2.64 bits per heavy atom. The predicted molar refractivity (Wildman–Crippen MR) is 101 cm³/mol. The van der Waals surface area contributed by atoms with Gasteiger partial charge in [-0.25, -0.2) is 9.78 Å². The summed E-state index contributed by atoms with van der Waals surface area (Å²) in [6.45, 7) is 0. The number of carbonyl (C=O) groups is 2. The van der Waals surface area contributed by atoms with Crippen molar-refractivity contribution in [3.63, 3.8) is 0 Å². The maximum atomic E-state index is 12.8. The van der Waals surface area contributed by atoms with E-state index in [0.717, 1.165) is 43.2 Å². The van der Waals surface area contributed by atoms with Crippen molar-refractivity contribution in [3.05, 3.63) is 23.8 Å². The summed E-state index contributed by atoms with van der Waals surface area (Å²) in [5, 5.41) is 2.81. The Balaban J connectivity index is 1.66. The highest BCUT2D eigenvalue weighted by molar-refractivity contribution is 8.01. The average molecular weight is 432 g/mol. The second kappa shape index (κ2) is 8.28. The summed E-state index contributed by atoms with van der Waals surface area (Å²) in [7, 11) is 1.30. The van der Waals surface area contributed by atoms with Crippen molar-refractivity contribution in [2.24, 2.45) is 0 Å². The minimum absolute atomic E-state index is 0.0185. The van der Waals surface area contributed by atoms with Gasteiger partial charge in [0.15, 0.2) is 4.34 Å². The molecular weight excluding hydrogens is 413 g/mol. The minimum Gasteiger partial charge on any atom is -0.467 e. The molecule has 1 aromatic carbocycles. The van der Waals surface area contributed by atoms with E-state index in [4.69, 9.17) is 4.74 Å². The van der Waals surface area contributed by atoms with Crippen molar-refractivity contribution in [2.45, 2.75) is 48.2 Å². The van der Waals surface area contributed by atoms with Crippen molar-refractivity contribution < 1.29 is 27.5 Å². The number of rotatable bonds is 5. The Kier molecular flexibility index (Phi) is 6.18. The molecule has 28 heavy (non-hydrogen) atoms. The number of nitrogens with zero attached hydrogens (tertiary/aromatic N) is 1. The van der Waals surface area contributed by atoms with Gasteiger partial charge in [0.1, 0.15) is 5.54 Å². The normalized spacial score (nSPS) is 16.7. The van der Waals surface area contributed by atoms with E-state index in [0.29, 0.717) is 21.9 Å². The number of methoxy groups -OCH3 is 1. The van der Waals surface area contributed by atoms with Gasteiger partial charge in [0.2, 0.25) is 5.91 Å². The number of nitrogens with one attached hydrogen (secondary N) is 1. The molecule has 0 saturated heterocycles. The van der Waals surface area contributed by atoms with Crippen LogP contribution in [-0.2, 0) is 20.5 Å². The maximum absolute atomic E-state index is 12.8. The van der Waals surface area contributed by atoms with Crippen molar-refractivity contribution in [1.29, 1.82) is 0 Å². The third kappa shape index (κ3) is 4.60.